The van der Waals surface area contributed by atoms with Gasteiger partial charge in [0.2, 0.25) is 0 Å². The Balaban J connectivity index is 1.64. The van der Waals surface area contributed by atoms with Crippen LogP contribution < -0.4 is 5.56 Å². The summed E-state index contributed by atoms with van der Waals surface area (Å²) in [5, 5.41) is 0.894. The average molecular weight is 445 g/mol. The Labute approximate surface area is 168 Å². The molecule has 1 aromatic carbocycles. The fourth-order valence-corrected chi connectivity index (χ4v) is 4.17. The van der Waals surface area contributed by atoms with Gasteiger partial charge in [-0.25, -0.2) is 9.97 Å². The Morgan fingerprint density at radius 2 is 2.04 bits per heavy atom. The van der Waals surface area contributed by atoms with Crippen molar-refractivity contribution in [3.63, 3.8) is 0 Å². The highest BCUT2D eigenvalue weighted by molar-refractivity contribution is 9.10. The van der Waals surface area contributed by atoms with E-state index in [0.717, 1.165) is 32.9 Å². The lowest BCUT2D eigenvalue weighted by Crippen LogP contribution is -2.15. The number of benzene rings is 1. The van der Waals surface area contributed by atoms with Crippen LogP contribution in [0.3, 0.4) is 0 Å². The zero-order chi connectivity index (χ0) is 18.8. The molecule has 0 radical (unpaired) electrons. The highest BCUT2D eigenvalue weighted by atomic mass is 79.9. The zero-order valence-corrected chi connectivity index (χ0v) is 17.0. The maximum Gasteiger partial charge on any atom is 0.258 e. The topological polar surface area (TPSA) is 61.4 Å². The molecule has 0 amide bonds. The fourth-order valence-electron chi connectivity index (χ4n) is 2.90. The SMILES string of the molecule is COCCn1c(SCc2cc(=O)n3cc(Br)ccc3n2)nc2ccccc21. The van der Waals surface area contributed by atoms with Gasteiger partial charge in [0.05, 0.1) is 23.3 Å². The number of ether oxygens (including phenoxy) is 1. The van der Waals surface area contributed by atoms with Crippen molar-refractivity contribution in [1.82, 2.24) is 18.9 Å². The van der Waals surface area contributed by atoms with Gasteiger partial charge in [0.1, 0.15) is 5.65 Å². The Morgan fingerprint density at radius 1 is 1.19 bits per heavy atom. The molecule has 4 rings (SSSR count). The second kappa shape index (κ2) is 7.84. The molecule has 0 fully saturated rings. The molecule has 6 nitrogen and oxygen atoms in total. The first-order valence-electron chi connectivity index (χ1n) is 8.40. The van der Waals surface area contributed by atoms with Crippen LogP contribution in [0.2, 0.25) is 0 Å². The van der Waals surface area contributed by atoms with E-state index in [-0.39, 0.29) is 5.56 Å². The molecule has 0 aliphatic rings. The molecule has 0 spiro atoms. The molecule has 3 aromatic heterocycles. The number of hydrogen-bond donors (Lipinski definition) is 0. The zero-order valence-electron chi connectivity index (χ0n) is 14.6. The summed E-state index contributed by atoms with van der Waals surface area (Å²) in [7, 11) is 1.69. The van der Waals surface area contributed by atoms with Crippen molar-refractivity contribution in [2.24, 2.45) is 0 Å². The first-order valence-corrected chi connectivity index (χ1v) is 10.2. The van der Waals surface area contributed by atoms with E-state index in [1.54, 1.807) is 31.1 Å². The van der Waals surface area contributed by atoms with Gasteiger partial charge in [0.25, 0.3) is 5.56 Å². The van der Waals surface area contributed by atoms with Crippen molar-refractivity contribution < 1.29 is 4.74 Å². The molecule has 0 atom stereocenters. The lowest BCUT2D eigenvalue weighted by molar-refractivity contribution is 0.186. The van der Waals surface area contributed by atoms with Gasteiger partial charge in [-0.1, -0.05) is 23.9 Å². The summed E-state index contributed by atoms with van der Waals surface area (Å²) in [6.45, 7) is 1.33. The van der Waals surface area contributed by atoms with Crippen LogP contribution >= 0.6 is 27.7 Å². The van der Waals surface area contributed by atoms with Crippen molar-refractivity contribution in [1.29, 1.82) is 0 Å². The van der Waals surface area contributed by atoms with Crippen molar-refractivity contribution in [2.75, 3.05) is 13.7 Å². The minimum atomic E-state index is -0.0928. The third-order valence-corrected chi connectivity index (χ3v) is 5.64. The van der Waals surface area contributed by atoms with E-state index >= 15 is 0 Å². The van der Waals surface area contributed by atoms with Crippen molar-refractivity contribution >= 4 is 44.4 Å². The van der Waals surface area contributed by atoms with Gasteiger partial charge >= 0.3 is 0 Å². The molecule has 0 saturated heterocycles. The molecule has 3 heterocycles. The molecule has 0 aliphatic heterocycles. The third kappa shape index (κ3) is 3.78. The van der Waals surface area contributed by atoms with Gasteiger partial charge in [0, 0.05) is 36.1 Å². The molecule has 8 heteroatoms. The van der Waals surface area contributed by atoms with E-state index in [0.29, 0.717) is 18.0 Å². The molecule has 0 saturated carbocycles. The third-order valence-electron chi connectivity index (χ3n) is 4.16. The van der Waals surface area contributed by atoms with Gasteiger partial charge in [-0.15, -0.1) is 0 Å². The summed E-state index contributed by atoms with van der Waals surface area (Å²) in [6, 6.07) is 13.3. The highest BCUT2D eigenvalue weighted by Crippen LogP contribution is 2.26. The van der Waals surface area contributed by atoms with Crippen molar-refractivity contribution in [3.8, 4) is 0 Å². The Morgan fingerprint density at radius 3 is 2.89 bits per heavy atom. The Bertz CT molecular complexity index is 1170. The molecular formula is C19H17BrN4O2S. The van der Waals surface area contributed by atoms with Crippen LogP contribution in [0, 0.1) is 0 Å². The molecule has 0 N–H and O–H groups in total. The van der Waals surface area contributed by atoms with E-state index in [1.807, 2.05) is 30.3 Å². The van der Waals surface area contributed by atoms with Crippen LogP contribution in [0.4, 0.5) is 0 Å². The van der Waals surface area contributed by atoms with Crippen LogP contribution in [0.5, 0.6) is 0 Å². The Kier molecular flexibility index (Phi) is 5.29. The number of methoxy groups -OCH3 is 1. The van der Waals surface area contributed by atoms with E-state index in [9.17, 15) is 4.79 Å². The van der Waals surface area contributed by atoms with E-state index in [2.05, 4.69) is 31.5 Å². The number of imidazole rings is 1. The monoisotopic (exact) mass is 444 g/mol. The van der Waals surface area contributed by atoms with Gasteiger partial charge in [-0.3, -0.25) is 9.20 Å². The second-order valence-electron chi connectivity index (χ2n) is 5.98. The van der Waals surface area contributed by atoms with Gasteiger partial charge in [0.15, 0.2) is 5.16 Å². The summed E-state index contributed by atoms with van der Waals surface area (Å²) < 4.78 is 9.76. The number of aromatic nitrogens is 4. The maximum absolute atomic E-state index is 12.4. The second-order valence-corrected chi connectivity index (χ2v) is 7.84. The van der Waals surface area contributed by atoms with Crippen LogP contribution in [0.15, 0.2) is 63.1 Å². The maximum atomic E-state index is 12.4. The summed E-state index contributed by atoms with van der Waals surface area (Å²) in [6.07, 6.45) is 1.73. The van der Waals surface area contributed by atoms with Gasteiger partial charge in [-0.2, -0.15) is 0 Å². The van der Waals surface area contributed by atoms with Crippen LogP contribution in [-0.2, 0) is 17.0 Å². The number of fused-ring (bicyclic) bond motifs is 2. The molecule has 138 valence electrons. The first-order chi connectivity index (χ1) is 13.2. The van der Waals surface area contributed by atoms with Crippen LogP contribution in [-0.4, -0.2) is 32.7 Å². The number of pyridine rings is 1. The molecule has 0 unspecified atom stereocenters. The molecule has 0 bridgehead atoms. The smallest absolute Gasteiger partial charge is 0.258 e. The predicted octanol–water partition coefficient (Wildman–Crippen LogP) is 3.75. The number of nitrogens with zero attached hydrogens (tertiary/aromatic N) is 4. The summed E-state index contributed by atoms with van der Waals surface area (Å²) in [5.41, 5.74) is 3.30. The highest BCUT2D eigenvalue weighted by Gasteiger charge is 2.12. The minimum Gasteiger partial charge on any atom is -0.383 e. The Hall–Kier alpha value is -2.16. The van der Waals surface area contributed by atoms with Gasteiger partial charge in [-0.05, 0) is 40.2 Å². The number of hydrogen-bond acceptors (Lipinski definition) is 5. The average Bonchev–Trinajstić information content (AvgIpc) is 3.03. The quantitative estimate of drug-likeness (QED) is 0.423. The normalized spacial score (nSPS) is 11.5. The number of thioether (sulfide) groups is 1. The summed E-state index contributed by atoms with van der Waals surface area (Å²) in [5.74, 6) is 0.568. The number of halogens is 1. The van der Waals surface area contributed by atoms with Crippen LogP contribution in [0.25, 0.3) is 16.7 Å². The first kappa shape index (κ1) is 18.2. The summed E-state index contributed by atoms with van der Waals surface area (Å²) >= 11 is 4.95. The lowest BCUT2D eigenvalue weighted by Gasteiger charge is -2.08. The molecule has 0 aliphatic carbocycles. The standard InChI is InChI=1S/C19H17BrN4O2S/c1-26-9-8-23-16-5-3-2-4-15(16)22-19(23)27-12-14-10-18(25)24-11-13(20)6-7-17(24)21-14/h2-7,10-11H,8-9,12H2,1H3. The number of para-hydroxylation sites is 2. The molecule has 27 heavy (non-hydrogen) atoms. The largest absolute Gasteiger partial charge is 0.383 e. The lowest BCUT2D eigenvalue weighted by atomic mass is 10.3. The van der Waals surface area contributed by atoms with E-state index in [4.69, 9.17) is 9.72 Å². The molecular weight excluding hydrogens is 428 g/mol. The number of rotatable bonds is 6. The minimum absolute atomic E-state index is 0.0928. The van der Waals surface area contributed by atoms with Crippen molar-refractivity contribution in [3.05, 3.63) is 69.2 Å². The summed E-state index contributed by atoms with van der Waals surface area (Å²) in [4.78, 5) is 21.7. The van der Waals surface area contributed by atoms with E-state index < -0.39 is 0 Å². The molecule has 4 aromatic rings. The van der Waals surface area contributed by atoms with E-state index in [1.165, 1.54) is 4.40 Å². The predicted molar refractivity (Wildman–Crippen MR) is 110 cm³/mol. The van der Waals surface area contributed by atoms with Gasteiger partial charge < -0.3 is 9.30 Å². The fraction of sp³-hybridized carbons (Fsp3) is 0.211. The van der Waals surface area contributed by atoms with Crippen LogP contribution in [0.1, 0.15) is 5.69 Å². The van der Waals surface area contributed by atoms with Crippen molar-refractivity contribution in [2.45, 2.75) is 17.5 Å².